The predicted molar refractivity (Wildman–Crippen MR) is 146 cm³/mol. The maximum absolute atomic E-state index is 13.9. The summed E-state index contributed by atoms with van der Waals surface area (Å²) >= 11 is 6.03. The second kappa shape index (κ2) is 9.48. The number of anilines is 1. The molecule has 4 aliphatic rings. The second-order valence-corrected chi connectivity index (χ2v) is 10.9. The number of nitrogens with zero attached hydrogens (tertiary/aromatic N) is 1. The van der Waals surface area contributed by atoms with E-state index >= 15 is 0 Å². The Morgan fingerprint density at radius 3 is 2.23 bits per heavy atom. The van der Waals surface area contributed by atoms with E-state index in [1.165, 1.54) is 25.2 Å². The number of methoxy groups -OCH3 is 2. The maximum atomic E-state index is 13.9. The lowest BCUT2D eigenvalue weighted by Gasteiger charge is -2.42. The summed E-state index contributed by atoms with van der Waals surface area (Å²) in [5.74, 6) is -3.50. The van der Waals surface area contributed by atoms with Crippen molar-refractivity contribution in [3.05, 3.63) is 81.4 Å². The van der Waals surface area contributed by atoms with Crippen LogP contribution in [-0.4, -0.2) is 42.7 Å². The second-order valence-electron chi connectivity index (χ2n) is 10.5. The quantitative estimate of drug-likeness (QED) is 0.328. The summed E-state index contributed by atoms with van der Waals surface area (Å²) in [6, 6.07) is 9.78. The van der Waals surface area contributed by atoms with Gasteiger partial charge < -0.3 is 14.6 Å². The molecule has 1 fully saturated rings. The van der Waals surface area contributed by atoms with E-state index in [9.17, 15) is 24.3 Å². The summed E-state index contributed by atoms with van der Waals surface area (Å²) in [7, 11) is 2.82. The van der Waals surface area contributed by atoms with E-state index in [1.54, 1.807) is 43.3 Å². The van der Waals surface area contributed by atoms with Crippen LogP contribution in [0.1, 0.15) is 31.2 Å². The van der Waals surface area contributed by atoms with Crippen LogP contribution in [-0.2, 0) is 19.2 Å². The molecular formula is C31H26ClNO7. The fourth-order valence-electron chi connectivity index (χ4n) is 6.67. The molecular weight excluding hydrogens is 534 g/mol. The fraction of sp³-hybridized carbons (Fsp3) is 0.290. The minimum Gasteiger partial charge on any atom is -0.502 e. The number of allylic oxidation sites excluding steroid dienone is 6. The lowest BCUT2D eigenvalue weighted by Crippen LogP contribution is -2.39. The number of Topliss-reactive ketones (excluding diaryl/α,β-unsaturated/α-hetero) is 1. The van der Waals surface area contributed by atoms with Gasteiger partial charge in [0.2, 0.25) is 17.6 Å². The Hall–Kier alpha value is -4.17. The van der Waals surface area contributed by atoms with Crippen molar-refractivity contribution in [2.24, 2.45) is 17.8 Å². The van der Waals surface area contributed by atoms with E-state index in [0.717, 1.165) is 5.57 Å². The lowest BCUT2D eigenvalue weighted by atomic mass is 9.59. The Bertz CT molecular complexity index is 1570. The van der Waals surface area contributed by atoms with Crippen LogP contribution in [0.3, 0.4) is 0 Å². The minimum absolute atomic E-state index is 0.149. The first-order valence-electron chi connectivity index (χ1n) is 12.9. The summed E-state index contributed by atoms with van der Waals surface area (Å²) in [6.45, 7) is 1.61. The van der Waals surface area contributed by atoms with Crippen LogP contribution in [0, 0.1) is 17.8 Å². The Morgan fingerprint density at radius 2 is 1.60 bits per heavy atom. The van der Waals surface area contributed by atoms with Crippen molar-refractivity contribution in [1.29, 1.82) is 0 Å². The highest BCUT2D eigenvalue weighted by Gasteiger charge is 2.56. The Balaban J connectivity index is 1.51. The van der Waals surface area contributed by atoms with E-state index in [2.05, 4.69) is 0 Å². The largest absolute Gasteiger partial charge is 0.502 e. The Labute approximate surface area is 235 Å². The number of amides is 2. The summed E-state index contributed by atoms with van der Waals surface area (Å²) in [5, 5.41) is 11.0. The molecule has 8 nitrogen and oxygen atoms in total. The molecule has 0 bridgehead atoms. The van der Waals surface area contributed by atoms with E-state index < -0.39 is 23.7 Å². The molecule has 4 atom stereocenters. The monoisotopic (exact) mass is 559 g/mol. The van der Waals surface area contributed by atoms with Crippen LogP contribution in [0.5, 0.6) is 17.2 Å². The van der Waals surface area contributed by atoms with Crippen molar-refractivity contribution < 1.29 is 33.8 Å². The van der Waals surface area contributed by atoms with Gasteiger partial charge in [-0.3, -0.25) is 24.1 Å². The van der Waals surface area contributed by atoms with Gasteiger partial charge in [-0.25, -0.2) is 0 Å². The van der Waals surface area contributed by atoms with Crippen LogP contribution in [0.25, 0.3) is 0 Å². The third kappa shape index (κ3) is 3.73. The molecule has 1 heterocycles. The summed E-state index contributed by atoms with van der Waals surface area (Å²) < 4.78 is 10.8. The van der Waals surface area contributed by atoms with Gasteiger partial charge in [0.1, 0.15) is 0 Å². The Kier molecular flexibility index (Phi) is 6.18. The lowest BCUT2D eigenvalue weighted by molar-refractivity contribution is -0.123. The average molecular weight is 560 g/mol. The van der Waals surface area contributed by atoms with Crippen LogP contribution in [0.15, 0.2) is 70.8 Å². The SMILES string of the molecule is COc1cc([C@H]2C3=CC[C@@H]4C(=O)N(c5ccc(Cl)cc5)C(=O)[C@@H]4[C@@H]3CC3=C2C(=O)C(C)=CC3=O)cc(OC)c1O. The van der Waals surface area contributed by atoms with E-state index in [0.29, 0.717) is 39.4 Å². The first-order chi connectivity index (χ1) is 19.2. The molecule has 1 aliphatic heterocycles. The number of aromatic hydroxyl groups is 1. The summed E-state index contributed by atoms with van der Waals surface area (Å²) in [6.07, 6.45) is 3.77. The molecule has 1 N–H and O–H groups in total. The van der Waals surface area contributed by atoms with Crippen molar-refractivity contribution >= 4 is 40.7 Å². The van der Waals surface area contributed by atoms with E-state index in [-0.39, 0.29) is 47.1 Å². The normalized spacial score (nSPS) is 25.8. The first kappa shape index (κ1) is 26.1. The number of rotatable bonds is 4. The first-order valence-corrected chi connectivity index (χ1v) is 13.3. The zero-order chi connectivity index (χ0) is 28.5. The molecule has 0 saturated carbocycles. The molecule has 2 amide bonds. The number of carbonyl (C=O) groups is 4. The summed E-state index contributed by atoms with van der Waals surface area (Å²) in [4.78, 5) is 55.6. The molecule has 6 rings (SSSR count). The highest BCUT2D eigenvalue weighted by Crippen LogP contribution is 2.56. The minimum atomic E-state index is -0.699. The zero-order valence-electron chi connectivity index (χ0n) is 22.1. The molecule has 0 spiro atoms. The third-order valence-corrected chi connectivity index (χ3v) is 8.74. The number of phenols is 1. The Morgan fingerprint density at radius 1 is 0.950 bits per heavy atom. The maximum Gasteiger partial charge on any atom is 0.238 e. The van der Waals surface area contributed by atoms with Gasteiger partial charge in [0.05, 0.1) is 31.7 Å². The van der Waals surface area contributed by atoms with Crippen LogP contribution in [0.2, 0.25) is 5.02 Å². The smallest absolute Gasteiger partial charge is 0.238 e. The van der Waals surface area contributed by atoms with Crippen molar-refractivity contribution in [2.75, 3.05) is 19.1 Å². The average Bonchev–Trinajstić information content (AvgIpc) is 3.21. The molecule has 0 radical (unpaired) electrons. The molecule has 1 saturated heterocycles. The molecule has 204 valence electrons. The number of ether oxygens (including phenoxy) is 2. The molecule has 0 unspecified atom stereocenters. The van der Waals surface area contributed by atoms with Crippen molar-refractivity contribution in [1.82, 2.24) is 0 Å². The molecule has 3 aliphatic carbocycles. The van der Waals surface area contributed by atoms with Gasteiger partial charge >= 0.3 is 0 Å². The van der Waals surface area contributed by atoms with Crippen LogP contribution in [0.4, 0.5) is 5.69 Å². The number of hydrogen-bond acceptors (Lipinski definition) is 7. The highest BCUT2D eigenvalue weighted by molar-refractivity contribution is 6.31. The number of halogens is 1. The summed E-state index contributed by atoms with van der Waals surface area (Å²) in [5.41, 5.74) is 2.85. The molecule has 40 heavy (non-hydrogen) atoms. The standard InChI is InChI=1S/C31H26ClNO7/c1-14-10-22(34)21-13-20-18(25(27(21)28(14)35)15-11-23(39-2)29(36)24(12-15)40-3)8-9-19-26(20)31(38)33(30(19)37)17-6-4-16(32)5-7-17/h4-8,10-12,19-20,25-26,36H,9,13H2,1-3H3/t19-,20+,25-,26-/m0/s1. The van der Waals surface area contributed by atoms with Gasteiger partial charge in [-0.2, -0.15) is 0 Å². The van der Waals surface area contributed by atoms with Gasteiger partial charge in [0.25, 0.3) is 0 Å². The topological polar surface area (TPSA) is 110 Å². The predicted octanol–water partition coefficient (Wildman–Crippen LogP) is 4.70. The van der Waals surface area contributed by atoms with Crippen LogP contribution < -0.4 is 14.4 Å². The van der Waals surface area contributed by atoms with Gasteiger partial charge in [0, 0.05) is 27.7 Å². The van der Waals surface area contributed by atoms with Gasteiger partial charge in [-0.05, 0) is 73.7 Å². The molecule has 9 heteroatoms. The van der Waals surface area contributed by atoms with E-state index in [1.807, 2.05) is 6.08 Å². The third-order valence-electron chi connectivity index (χ3n) is 8.49. The van der Waals surface area contributed by atoms with Crippen molar-refractivity contribution in [3.63, 3.8) is 0 Å². The van der Waals surface area contributed by atoms with Crippen molar-refractivity contribution in [2.45, 2.75) is 25.7 Å². The number of imide groups is 1. The molecule has 0 aromatic heterocycles. The van der Waals surface area contributed by atoms with Gasteiger partial charge in [-0.15, -0.1) is 0 Å². The van der Waals surface area contributed by atoms with E-state index in [4.69, 9.17) is 21.1 Å². The van der Waals surface area contributed by atoms with Crippen molar-refractivity contribution in [3.8, 4) is 17.2 Å². The number of fused-ring (bicyclic) bond motifs is 3. The zero-order valence-corrected chi connectivity index (χ0v) is 22.8. The number of hydrogen-bond donors (Lipinski definition) is 1. The molecule has 2 aromatic carbocycles. The molecule has 2 aromatic rings. The van der Waals surface area contributed by atoms with Gasteiger partial charge in [-0.1, -0.05) is 23.3 Å². The highest BCUT2D eigenvalue weighted by atomic mass is 35.5. The number of benzene rings is 2. The van der Waals surface area contributed by atoms with Gasteiger partial charge in [0.15, 0.2) is 23.1 Å². The number of ketones is 2. The van der Waals surface area contributed by atoms with Crippen LogP contribution >= 0.6 is 11.6 Å². The number of phenolic OH excluding ortho intramolecular Hbond substituents is 1. The number of carbonyl (C=O) groups excluding carboxylic acids is 4. The fourth-order valence-corrected chi connectivity index (χ4v) is 6.79.